The first kappa shape index (κ1) is 16.2. The molecule has 2 aliphatic rings. The van der Waals surface area contributed by atoms with Gasteiger partial charge in [0.1, 0.15) is 5.82 Å². The molecule has 24 heavy (non-hydrogen) atoms. The fourth-order valence-corrected chi connectivity index (χ4v) is 4.87. The van der Waals surface area contributed by atoms with Gasteiger partial charge in [0.25, 0.3) is 0 Å². The van der Waals surface area contributed by atoms with Gasteiger partial charge in [-0.2, -0.15) is 0 Å². The van der Waals surface area contributed by atoms with Crippen LogP contribution in [0.1, 0.15) is 11.3 Å². The molecule has 1 N–H and O–H groups in total. The predicted octanol–water partition coefficient (Wildman–Crippen LogP) is 3.03. The van der Waals surface area contributed by atoms with Gasteiger partial charge in [0, 0.05) is 67.2 Å². The molecule has 1 atom stereocenters. The van der Waals surface area contributed by atoms with E-state index in [9.17, 15) is 4.39 Å². The van der Waals surface area contributed by atoms with Crippen molar-refractivity contribution in [2.45, 2.75) is 19.0 Å². The number of benzene rings is 1. The number of likely N-dealkylation sites (tertiary alicyclic amines) is 1. The summed E-state index contributed by atoms with van der Waals surface area (Å²) in [6.45, 7) is 7.90. The molecule has 4 rings (SSSR count). The van der Waals surface area contributed by atoms with E-state index < -0.39 is 0 Å². The first-order valence-corrected chi connectivity index (χ1v) is 9.62. The monoisotopic (exact) mass is 345 g/mol. The van der Waals surface area contributed by atoms with Crippen molar-refractivity contribution in [3.8, 4) is 10.4 Å². The van der Waals surface area contributed by atoms with Crippen molar-refractivity contribution >= 4 is 11.3 Å². The third-order valence-corrected chi connectivity index (χ3v) is 6.20. The second-order valence-corrected chi connectivity index (χ2v) is 7.88. The lowest BCUT2D eigenvalue weighted by atomic mass is 10.2. The van der Waals surface area contributed by atoms with Gasteiger partial charge in [0.05, 0.1) is 0 Å². The molecular formula is C19H24FN3S. The Morgan fingerprint density at radius 2 is 1.92 bits per heavy atom. The smallest absolute Gasteiger partial charge is 0.131 e. The summed E-state index contributed by atoms with van der Waals surface area (Å²) in [6, 6.07) is 12.0. The second kappa shape index (κ2) is 7.31. The molecule has 3 heterocycles. The largest absolute Gasteiger partial charge is 0.314 e. The Morgan fingerprint density at radius 1 is 1.08 bits per heavy atom. The number of thiophene rings is 1. The van der Waals surface area contributed by atoms with Gasteiger partial charge in [0.2, 0.25) is 0 Å². The van der Waals surface area contributed by atoms with E-state index in [1.165, 1.54) is 37.0 Å². The van der Waals surface area contributed by atoms with Crippen LogP contribution >= 0.6 is 11.3 Å². The van der Waals surface area contributed by atoms with Crippen LogP contribution in [0.15, 0.2) is 36.4 Å². The van der Waals surface area contributed by atoms with E-state index in [1.54, 1.807) is 17.4 Å². The number of piperazine rings is 1. The van der Waals surface area contributed by atoms with E-state index in [2.05, 4.69) is 27.2 Å². The number of nitrogens with zero attached hydrogens (tertiary/aromatic N) is 2. The molecule has 5 heteroatoms. The maximum absolute atomic E-state index is 13.9. The molecule has 2 aliphatic heterocycles. The lowest BCUT2D eigenvalue weighted by molar-refractivity contribution is 0.170. The summed E-state index contributed by atoms with van der Waals surface area (Å²) in [5, 5.41) is 3.43. The average molecular weight is 345 g/mol. The van der Waals surface area contributed by atoms with Crippen LogP contribution in [0.5, 0.6) is 0 Å². The second-order valence-electron chi connectivity index (χ2n) is 6.71. The Kier molecular flexibility index (Phi) is 4.94. The van der Waals surface area contributed by atoms with Crippen LogP contribution in [0.25, 0.3) is 10.4 Å². The number of halogens is 1. The molecule has 3 nitrogen and oxygen atoms in total. The number of hydrogen-bond donors (Lipinski definition) is 1. The third kappa shape index (κ3) is 3.54. The number of nitrogens with one attached hydrogen (secondary N) is 1. The van der Waals surface area contributed by atoms with E-state index in [0.717, 1.165) is 31.1 Å². The lowest BCUT2D eigenvalue weighted by Crippen LogP contribution is -2.49. The van der Waals surface area contributed by atoms with Crippen LogP contribution in [-0.2, 0) is 6.54 Å². The zero-order chi connectivity index (χ0) is 16.4. The van der Waals surface area contributed by atoms with E-state index >= 15 is 0 Å². The Balaban J connectivity index is 1.37. The lowest BCUT2D eigenvalue weighted by Gasteiger charge is -2.32. The topological polar surface area (TPSA) is 18.5 Å². The molecule has 1 unspecified atom stereocenters. The molecule has 2 saturated heterocycles. The van der Waals surface area contributed by atoms with E-state index in [0.29, 0.717) is 11.6 Å². The van der Waals surface area contributed by atoms with Gasteiger partial charge in [-0.1, -0.05) is 18.2 Å². The first-order chi connectivity index (χ1) is 11.8. The normalized spacial score (nSPS) is 23.0. The standard InChI is InChI=1S/C19H24FN3S/c20-18-4-2-1-3-17(18)19-6-5-16(24-19)14-22-10-7-15(13-22)23-11-8-21-9-12-23/h1-6,15,21H,7-14H2. The van der Waals surface area contributed by atoms with Gasteiger partial charge < -0.3 is 5.32 Å². The maximum atomic E-state index is 13.9. The zero-order valence-corrected chi connectivity index (χ0v) is 14.7. The van der Waals surface area contributed by atoms with Crippen molar-refractivity contribution in [2.75, 3.05) is 39.3 Å². The summed E-state index contributed by atoms with van der Waals surface area (Å²) in [7, 11) is 0. The Hall–Kier alpha value is -1.27. The summed E-state index contributed by atoms with van der Waals surface area (Å²) >= 11 is 1.72. The van der Waals surface area contributed by atoms with Gasteiger partial charge >= 0.3 is 0 Å². The summed E-state index contributed by atoms with van der Waals surface area (Å²) in [5.74, 6) is -0.133. The predicted molar refractivity (Wildman–Crippen MR) is 97.8 cm³/mol. The van der Waals surface area contributed by atoms with Crippen LogP contribution in [0.4, 0.5) is 4.39 Å². The highest BCUT2D eigenvalue weighted by Gasteiger charge is 2.28. The molecule has 2 fully saturated rings. The van der Waals surface area contributed by atoms with E-state index in [-0.39, 0.29) is 5.82 Å². The highest BCUT2D eigenvalue weighted by Crippen LogP contribution is 2.31. The van der Waals surface area contributed by atoms with Crippen molar-refractivity contribution in [2.24, 2.45) is 0 Å². The minimum atomic E-state index is -0.133. The van der Waals surface area contributed by atoms with Gasteiger partial charge in [0.15, 0.2) is 0 Å². The van der Waals surface area contributed by atoms with E-state index in [4.69, 9.17) is 0 Å². The minimum Gasteiger partial charge on any atom is -0.314 e. The van der Waals surface area contributed by atoms with Gasteiger partial charge in [-0.05, 0) is 24.6 Å². The summed E-state index contributed by atoms with van der Waals surface area (Å²) in [4.78, 5) is 7.54. The van der Waals surface area contributed by atoms with Crippen LogP contribution in [0.2, 0.25) is 0 Å². The van der Waals surface area contributed by atoms with Crippen molar-refractivity contribution in [1.82, 2.24) is 15.1 Å². The molecule has 1 aromatic carbocycles. The molecule has 0 spiro atoms. The number of rotatable bonds is 4. The molecule has 0 bridgehead atoms. The molecule has 128 valence electrons. The quantitative estimate of drug-likeness (QED) is 0.919. The molecule has 0 amide bonds. The van der Waals surface area contributed by atoms with Crippen molar-refractivity contribution in [3.05, 3.63) is 47.1 Å². The fourth-order valence-electron chi connectivity index (χ4n) is 3.79. The summed E-state index contributed by atoms with van der Waals surface area (Å²) < 4.78 is 13.9. The first-order valence-electron chi connectivity index (χ1n) is 8.80. The maximum Gasteiger partial charge on any atom is 0.131 e. The fraction of sp³-hybridized carbons (Fsp3) is 0.474. The number of hydrogen-bond acceptors (Lipinski definition) is 4. The average Bonchev–Trinajstić information content (AvgIpc) is 3.26. The molecule has 2 aromatic rings. The summed E-state index contributed by atoms with van der Waals surface area (Å²) in [5.41, 5.74) is 0.717. The van der Waals surface area contributed by atoms with Crippen molar-refractivity contribution in [3.63, 3.8) is 0 Å². The van der Waals surface area contributed by atoms with Crippen LogP contribution in [0, 0.1) is 5.82 Å². The minimum absolute atomic E-state index is 0.133. The highest BCUT2D eigenvalue weighted by molar-refractivity contribution is 7.15. The Bertz CT molecular complexity index is 681. The third-order valence-electron chi connectivity index (χ3n) is 5.10. The molecule has 0 radical (unpaired) electrons. The van der Waals surface area contributed by atoms with Crippen LogP contribution in [0.3, 0.4) is 0 Å². The molecule has 0 saturated carbocycles. The highest BCUT2D eigenvalue weighted by atomic mass is 32.1. The van der Waals surface area contributed by atoms with Gasteiger partial charge in [-0.3, -0.25) is 9.80 Å². The molecule has 1 aromatic heterocycles. The van der Waals surface area contributed by atoms with Crippen molar-refractivity contribution in [1.29, 1.82) is 0 Å². The Morgan fingerprint density at radius 3 is 2.75 bits per heavy atom. The van der Waals surface area contributed by atoms with Gasteiger partial charge in [-0.15, -0.1) is 11.3 Å². The van der Waals surface area contributed by atoms with Crippen LogP contribution in [-0.4, -0.2) is 55.1 Å². The summed E-state index contributed by atoms with van der Waals surface area (Å²) in [6.07, 6.45) is 1.27. The molecular weight excluding hydrogens is 321 g/mol. The van der Waals surface area contributed by atoms with Gasteiger partial charge in [-0.25, -0.2) is 4.39 Å². The van der Waals surface area contributed by atoms with Crippen molar-refractivity contribution < 1.29 is 4.39 Å². The van der Waals surface area contributed by atoms with E-state index in [1.807, 2.05) is 12.1 Å². The zero-order valence-electron chi connectivity index (χ0n) is 13.9. The Labute approximate surface area is 147 Å². The SMILES string of the molecule is Fc1ccccc1-c1ccc(CN2CCC(N3CCNCC3)C2)s1. The van der Waals surface area contributed by atoms with Crippen LogP contribution < -0.4 is 5.32 Å². The molecule has 0 aliphatic carbocycles.